The largest absolute Gasteiger partial charge is 0.305 e. The van der Waals surface area contributed by atoms with Crippen molar-refractivity contribution in [2.45, 2.75) is 19.4 Å². The molecule has 0 saturated heterocycles. The van der Waals surface area contributed by atoms with E-state index in [1.54, 1.807) is 0 Å². The van der Waals surface area contributed by atoms with Crippen molar-refractivity contribution in [2.75, 3.05) is 4.90 Å². The lowest BCUT2D eigenvalue weighted by molar-refractivity contribution is 0.0977. The molecule has 2 nitrogen and oxygen atoms in total. The first-order chi connectivity index (χ1) is 9.58. The number of para-hydroxylation sites is 1. The van der Waals surface area contributed by atoms with Gasteiger partial charge in [-0.2, -0.15) is 0 Å². The maximum Gasteiger partial charge on any atom is 0.261 e. The van der Waals surface area contributed by atoms with Crippen LogP contribution in [0.15, 0.2) is 42.5 Å². The van der Waals surface area contributed by atoms with Crippen LogP contribution in [0.1, 0.15) is 22.8 Å². The minimum absolute atomic E-state index is 0.0671. The molecule has 102 valence electrons. The average molecular weight is 273 g/mol. The second-order valence-electron chi connectivity index (χ2n) is 4.98. The number of rotatable bonds is 1. The standard InChI is InChI=1S/C16H13F2NO/c1-10-8-11-4-2-3-5-15(11)19(10)16(20)13-9-12(17)6-7-14(13)18/h2-7,9-10H,8H2,1H3/t10-/m1/s1. The highest BCUT2D eigenvalue weighted by Gasteiger charge is 2.32. The van der Waals surface area contributed by atoms with Crippen LogP contribution in [0, 0.1) is 11.6 Å². The summed E-state index contributed by atoms with van der Waals surface area (Å²) in [5.74, 6) is -1.82. The van der Waals surface area contributed by atoms with Gasteiger partial charge in [-0.15, -0.1) is 0 Å². The fraction of sp³-hybridized carbons (Fsp3) is 0.188. The van der Waals surface area contributed by atoms with Crippen molar-refractivity contribution < 1.29 is 13.6 Å². The summed E-state index contributed by atoms with van der Waals surface area (Å²) in [6, 6.07) is 10.4. The van der Waals surface area contributed by atoms with E-state index in [-0.39, 0.29) is 11.6 Å². The van der Waals surface area contributed by atoms with Gasteiger partial charge in [0.05, 0.1) is 5.56 Å². The van der Waals surface area contributed by atoms with Gasteiger partial charge in [-0.1, -0.05) is 18.2 Å². The molecule has 2 aromatic carbocycles. The second-order valence-corrected chi connectivity index (χ2v) is 4.98. The van der Waals surface area contributed by atoms with Crippen LogP contribution < -0.4 is 4.90 Å². The highest BCUT2D eigenvalue weighted by molar-refractivity contribution is 6.07. The van der Waals surface area contributed by atoms with Gasteiger partial charge in [0.2, 0.25) is 0 Å². The monoisotopic (exact) mass is 273 g/mol. The van der Waals surface area contributed by atoms with E-state index in [4.69, 9.17) is 0 Å². The Morgan fingerprint density at radius 1 is 1.20 bits per heavy atom. The van der Waals surface area contributed by atoms with Crippen LogP contribution >= 0.6 is 0 Å². The van der Waals surface area contributed by atoms with Crippen LogP contribution in [-0.2, 0) is 6.42 Å². The smallest absolute Gasteiger partial charge is 0.261 e. The SMILES string of the molecule is C[C@@H]1Cc2ccccc2N1C(=O)c1cc(F)ccc1F. The molecule has 0 saturated carbocycles. The summed E-state index contributed by atoms with van der Waals surface area (Å²) < 4.78 is 27.0. The van der Waals surface area contributed by atoms with E-state index >= 15 is 0 Å². The number of halogens is 2. The molecule has 0 spiro atoms. The van der Waals surface area contributed by atoms with Gasteiger partial charge < -0.3 is 4.90 Å². The Balaban J connectivity index is 2.05. The van der Waals surface area contributed by atoms with Crippen LogP contribution in [-0.4, -0.2) is 11.9 Å². The Labute approximate surface area is 115 Å². The van der Waals surface area contributed by atoms with Gasteiger partial charge in [0.1, 0.15) is 11.6 Å². The first kappa shape index (κ1) is 12.8. The normalized spacial score (nSPS) is 17.1. The van der Waals surface area contributed by atoms with Crippen LogP contribution in [0.3, 0.4) is 0 Å². The van der Waals surface area contributed by atoms with Crippen molar-refractivity contribution in [2.24, 2.45) is 0 Å². The van der Waals surface area contributed by atoms with E-state index in [0.29, 0.717) is 0 Å². The number of fused-ring (bicyclic) bond motifs is 1. The van der Waals surface area contributed by atoms with Gasteiger partial charge in [0, 0.05) is 11.7 Å². The lowest BCUT2D eigenvalue weighted by Gasteiger charge is -2.23. The molecule has 3 rings (SSSR count). The fourth-order valence-corrected chi connectivity index (χ4v) is 2.67. The third kappa shape index (κ3) is 1.97. The maximum absolute atomic E-state index is 13.8. The van der Waals surface area contributed by atoms with Crippen molar-refractivity contribution in [1.29, 1.82) is 0 Å². The summed E-state index contributed by atoms with van der Waals surface area (Å²) in [6.07, 6.45) is 0.721. The summed E-state index contributed by atoms with van der Waals surface area (Å²) in [7, 11) is 0. The van der Waals surface area contributed by atoms with E-state index in [1.165, 1.54) is 4.90 Å². The first-order valence-electron chi connectivity index (χ1n) is 6.44. The van der Waals surface area contributed by atoms with Crippen LogP contribution in [0.5, 0.6) is 0 Å². The highest BCUT2D eigenvalue weighted by atomic mass is 19.1. The topological polar surface area (TPSA) is 20.3 Å². The molecule has 0 bridgehead atoms. The number of carbonyl (C=O) groups excluding carboxylic acids is 1. The van der Waals surface area contributed by atoms with Crippen molar-refractivity contribution in [1.82, 2.24) is 0 Å². The zero-order chi connectivity index (χ0) is 14.3. The van der Waals surface area contributed by atoms with E-state index in [9.17, 15) is 13.6 Å². The predicted molar refractivity (Wildman–Crippen MR) is 72.8 cm³/mol. The number of hydrogen-bond donors (Lipinski definition) is 0. The second kappa shape index (κ2) is 4.71. The van der Waals surface area contributed by atoms with Gasteiger partial charge in [0.15, 0.2) is 0 Å². The van der Waals surface area contributed by atoms with Crippen molar-refractivity contribution in [3.63, 3.8) is 0 Å². The summed E-state index contributed by atoms with van der Waals surface area (Å²) >= 11 is 0. The summed E-state index contributed by atoms with van der Waals surface area (Å²) in [6.45, 7) is 1.90. The zero-order valence-corrected chi connectivity index (χ0v) is 10.9. The lowest BCUT2D eigenvalue weighted by atomic mass is 10.1. The number of benzene rings is 2. The van der Waals surface area contributed by atoms with Gasteiger partial charge >= 0.3 is 0 Å². The molecule has 1 heterocycles. The van der Waals surface area contributed by atoms with Gasteiger partial charge in [-0.05, 0) is 43.2 Å². The molecular weight excluding hydrogens is 260 g/mol. The molecule has 1 aliphatic heterocycles. The molecule has 0 fully saturated rings. The summed E-state index contributed by atoms with van der Waals surface area (Å²) in [5, 5.41) is 0. The Morgan fingerprint density at radius 2 is 1.95 bits per heavy atom. The lowest BCUT2D eigenvalue weighted by Crippen LogP contribution is -2.36. The summed E-state index contributed by atoms with van der Waals surface area (Å²) in [4.78, 5) is 14.0. The molecule has 0 N–H and O–H groups in total. The quantitative estimate of drug-likeness (QED) is 0.778. The Bertz CT molecular complexity index is 684. The van der Waals surface area contributed by atoms with E-state index in [1.807, 2.05) is 31.2 Å². The fourth-order valence-electron chi connectivity index (χ4n) is 2.67. The van der Waals surface area contributed by atoms with Gasteiger partial charge in [-0.3, -0.25) is 4.79 Å². The Kier molecular flexibility index (Phi) is 3.01. The molecule has 2 aromatic rings. The first-order valence-corrected chi connectivity index (χ1v) is 6.44. The van der Waals surface area contributed by atoms with E-state index in [2.05, 4.69) is 0 Å². The highest BCUT2D eigenvalue weighted by Crippen LogP contribution is 2.33. The Morgan fingerprint density at radius 3 is 2.75 bits per heavy atom. The van der Waals surface area contributed by atoms with Crippen molar-refractivity contribution in [3.05, 3.63) is 65.2 Å². The predicted octanol–water partition coefficient (Wildman–Crippen LogP) is 3.56. The maximum atomic E-state index is 13.8. The minimum Gasteiger partial charge on any atom is -0.305 e. The number of hydrogen-bond acceptors (Lipinski definition) is 1. The van der Waals surface area contributed by atoms with Crippen LogP contribution in [0.2, 0.25) is 0 Å². The molecule has 1 aliphatic rings. The average Bonchev–Trinajstić information content (AvgIpc) is 2.76. The molecule has 0 aromatic heterocycles. The third-order valence-corrected chi connectivity index (χ3v) is 3.58. The molecule has 0 aliphatic carbocycles. The van der Waals surface area contributed by atoms with Crippen molar-refractivity contribution in [3.8, 4) is 0 Å². The third-order valence-electron chi connectivity index (χ3n) is 3.58. The zero-order valence-electron chi connectivity index (χ0n) is 10.9. The molecule has 1 amide bonds. The molecule has 4 heteroatoms. The molecule has 20 heavy (non-hydrogen) atoms. The molecule has 0 unspecified atom stereocenters. The van der Waals surface area contributed by atoms with Gasteiger partial charge in [0.25, 0.3) is 5.91 Å². The van der Waals surface area contributed by atoms with E-state index in [0.717, 1.165) is 35.9 Å². The number of carbonyl (C=O) groups is 1. The van der Waals surface area contributed by atoms with E-state index < -0.39 is 17.5 Å². The summed E-state index contributed by atoms with van der Waals surface area (Å²) in [5.41, 5.74) is 1.59. The minimum atomic E-state index is -0.701. The number of anilines is 1. The van der Waals surface area contributed by atoms with Crippen LogP contribution in [0.25, 0.3) is 0 Å². The molecule has 0 radical (unpaired) electrons. The van der Waals surface area contributed by atoms with Crippen LogP contribution in [0.4, 0.5) is 14.5 Å². The number of amides is 1. The Hall–Kier alpha value is -2.23. The number of nitrogens with zero attached hydrogens (tertiary/aromatic N) is 1. The molecular formula is C16H13F2NO. The van der Waals surface area contributed by atoms with Crippen molar-refractivity contribution >= 4 is 11.6 Å². The molecule has 1 atom stereocenters. The van der Waals surface area contributed by atoms with Gasteiger partial charge in [-0.25, -0.2) is 8.78 Å².